The predicted molar refractivity (Wildman–Crippen MR) is 99.4 cm³/mol. The molecule has 0 radical (unpaired) electrons. The fourth-order valence-electron chi connectivity index (χ4n) is 3.74. The van der Waals surface area contributed by atoms with Crippen molar-refractivity contribution >= 4 is 0 Å². The summed E-state index contributed by atoms with van der Waals surface area (Å²) in [6, 6.07) is 0. The molecule has 0 bridgehead atoms. The Kier molecular flexibility index (Phi) is 8.13. The molecule has 4 atom stereocenters. The van der Waals surface area contributed by atoms with Crippen LogP contribution in [0.15, 0.2) is 30.9 Å². The van der Waals surface area contributed by atoms with Crippen molar-refractivity contribution in [3.8, 4) is 0 Å². The number of imidazole rings is 1. The summed E-state index contributed by atoms with van der Waals surface area (Å²) >= 11 is 0. The van der Waals surface area contributed by atoms with Crippen LogP contribution in [0.5, 0.6) is 0 Å². The molecular weight excluding hydrogens is 316 g/mol. The van der Waals surface area contributed by atoms with Crippen molar-refractivity contribution in [1.29, 1.82) is 0 Å². The number of aliphatic hydroxyl groups is 1. The monoisotopic (exact) mass is 350 g/mol. The summed E-state index contributed by atoms with van der Waals surface area (Å²) in [6.45, 7) is 5.28. The summed E-state index contributed by atoms with van der Waals surface area (Å²) in [5.41, 5.74) is -1.11. The van der Waals surface area contributed by atoms with Gasteiger partial charge in [0, 0.05) is 25.4 Å². The van der Waals surface area contributed by atoms with Crippen molar-refractivity contribution < 1.29 is 14.6 Å². The van der Waals surface area contributed by atoms with Crippen LogP contribution in [0.1, 0.15) is 52.4 Å². The summed E-state index contributed by atoms with van der Waals surface area (Å²) in [7, 11) is 1.67. The predicted octanol–water partition coefficient (Wildman–Crippen LogP) is 3.58. The third kappa shape index (κ3) is 5.40. The fourth-order valence-corrected chi connectivity index (χ4v) is 3.74. The van der Waals surface area contributed by atoms with E-state index in [0.29, 0.717) is 13.2 Å². The average molecular weight is 351 g/mol. The highest BCUT2D eigenvalue weighted by atomic mass is 16.5. The molecule has 1 aliphatic heterocycles. The molecule has 0 unspecified atom stereocenters. The van der Waals surface area contributed by atoms with Gasteiger partial charge in [-0.25, -0.2) is 4.98 Å². The van der Waals surface area contributed by atoms with E-state index in [1.165, 1.54) is 32.1 Å². The minimum absolute atomic E-state index is 0.136. The Morgan fingerprint density at radius 2 is 2.16 bits per heavy atom. The SMILES string of the molecule is CCCCCCC/C=C/[C@@H]1OC[C@H](C)[C@H](OC)[C@@]1(O)Cn1ccnc1. The highest BCUT2D eigenvalue weighted by Gasteiger charge is 2.50. The van der Waals surface area contributed by atoms with Crippen molar-refractivity contribution in [2.24, 2.45) is 5.92 Å². The lowest BCUT2D eigenvalue weighted by atomic mass is 9.80. The number of allylic oxidation sites excluding steroid dienone is 1. The third-order valence-electron chi connectivity index (χ3n) is 5.08. The molecule has 0 spiro atoms. The first-order valence-corrected chi connectivity index (χ1v) is 9.61. The number of ether oxygens (including phenoxy) is 2. The summed E-state index contributed by atoms with van der Waals surface area (Å²) in [5, 5.41) is 11.5. The van der Waals surface area contributed by atoms with Gasteiger partial charge in [-0.15, -0.1) is 0 Å². The van der Waals surface area contributed by atoms with Crippen LogP contribution in [0.25, 0.3) is 0 Å². The second-order valence-corrected chi connectivity index (χ2v) is 7.24. The molecule has 1 aliphatic rings. The van der Waals surface area contributed by atoms with Crippen LogP contribution in [0.4, 0.5) is 0 Å². The van der Waals surface area contributed by atoms with Gasteiger partial charge in [-0.2, -0.15) is 0 Å². The van der Waals surface area contributed by atoms with Gasteiger partial charge in [0.1, 0.15) is 11.7 Å². The summed E-state index contributed by atoms with van der Waals surface area (Å²) in [5.74, 6) is 0.136. The van der Waals surface area contributed by atoms with E-state index in [4.69, 9.17) is 9.47 Å². The molecular formula is C20H34N2O3. The minimum atomic E-state index is -1.11. The van der Waals surface area contributed by atoms with Gasteiger partial charge in [0.05, 0.1) is 25.6 Å². The maximum Gasteiger partial charge on any atom is 0.138 e. The summed E-state index contributed by atoms with van der Waals surface area (Å²) in [6.07, 6.45) is 16.2. The lowest BCUT2D eigenvalue weighted by Gasteiger charge is -2.46. The van der Waals surface area contributed by atoms with Crippen LogP contribution < -0.4 is 0 Å². The van der Waals surface area contributed by atoms with Gasteiger partial charge in [-0.05, 0) is 12.8 Å². The first-order chi connectivity index (χ1) is 12.1. The van der Waals surface area contributed by atoms with E-state index in [9.17, 15) is 5.11 Å². The standard InChI is InChI=1S/C20H34N2O3/c1-4-5-6-7-8-9-10-11-18-20(23,15-22-13-12-21-16-22)19(24-3)17(2)14-25-18/h10-13,16-19,23H,4-9,14-15H2,1-3H3/b11-10+/t17-,18-,19-,20+/m0/s1. The smallest absolute Gasteiger partial charge is 0.138 e. The highest BCUT2D eigenvalue weighted by Crippen LogP contribution is 2.34. The number of rotatable bonds is 10. The Balaban J connectivity index is 2.00. The average Bonchev–Trinajstić information content (AvgIpc) is 3.09. The van der Waals surface area contributed by atoms with Crippen molar-refractivity contribution in [1.82, 2.24) is 9.55 Å². The van der Waals surface area contributed by atoms with Crippen LogP contribution in [-0.2, 0) is 16.0 Å². The molecule has 5 heteroatoms. The molecule has 1 saturated heterocycles. The number of aromatic nitrogens is 2. The zero-order valence-corrected chi connectivity index (χ0v) is 15.9. The Labute approximate surface area is 152 Å². The first-order valence-electron chi connectivity index (χ1n) is 9.61. The number of unbranched alkanes of at least 4 members (excludes halogenated alkanes) is 5. The quantitative estimate of drug-likeness (QED) is 0.518. The van der Waals surface area contributed by atoms with Crippen LogP contribution in [0.3, 0.4) is 0 Å². The van der Waals surface area contributed by atoms with Gasteiger partial charge in [-0.3, -0.25) is 0 Å². The Morgan fingerprint density at radius 3 is 2.84 bits per heavy atom. The van der Waals surface area contributed by atoms with Gasteiger partial charge < -0.3 is 19.1 Å². The molecule has 2 heterocycles. The number of methoxy groups -OCH3 is 1. The Bertz CT molecular complexity index is 503. The zero-order chi connectivity index (χ0) is 18.1. The van der Waals surface area contributed by atoms with Gasteiger partial charge in [-0.1, -0.05) is 51.7 Å². The number of hydrogen-bond donors (Lipinski definition) is 1. The second kappa shape index (κ2) is 10.1. The van der Waals surface area contributed by atoms with Crippen LogP contribution in [0.2, 0.25) is 0 Å². The van der Waals surface area contributed by atoms with Crippen molar-refractivity contribution in [3.63, 3.8) is 0 Å². The maximum atomic E-state index is 11.5. The van der Waals surface area contributed by atoms with E-state index in [2.05, 4.69) is 24.9 Å². The Hall–Kier alpha value is -1.17. The van der Waals surface area contributed by atoms with Crippen molar-refractivity contribution in [2.75, 3.05) is 13.7 Å². The molecule has 0 saturated carbocycles. The van der Waals surface area contributed by atoms with Gasteiger partial charge in [0.15, 0.2) is 0 Å². The topological polar surface area (TPSA) is 56.5 Å². The molecule has 1 aromatic rings. The van der Waals surface area contributed by atoms with Crippen molar-refractivity contribution in [3.05, 3.63) is 30.9 Å². The van der Waals surface area contributed by atoms with Gasteiger partial charge in [0.25, 0.3) is 0 Å². The lowest BCUT2D eigenvalue weighted by Crippen LogP contribution is -2.62. The fraction of sp³-hybridized carbons (Fsp3) is 0.750. The van der Waals surface area contributed by atoms with E-state index >= 15 is 0 Å². The van der Waals surface area contributed by atoms with Gasteiger partial charge >= 0.3 is 0 Å². The molecule has 1 fully saturated rings. The minimum Gasteiger partial charge on any atom is -0.382 e. The molecule has 0 amide bonds. The normalized spacial score (nSPS) is 30.2. The van der Waals surface area contributed by atoms with E-state index in [-0.39, 0.29) is 18.1 Å². The molecule has 1 aromatic heterocycles. The van der Waals surface area contributed by atoms with Crippen LogP contribution in [0, 0.1) is 5.92 Å². The number of nitrogens with zero attached hydrogens (tertiary/aromatic N) is 2. The molecule has 0 aromatic carbocycles. The largest absolute Gasteiger partial charge is 0.382 e. The molecule has 2 rings (SSSR count). The molecule has 142 valence electrons. The zero-order valence-electron chi connectivity index (χ0n) is 15.9. The maximum absolute atomic E-state index is 11.5. The number of hydrogen-bond acceptors (Lipinski definition) is 4. The Morgan fingerprint density at radius 1 is 1.36 bits per heavy atom. The van der Waals surface area contributed by atoms with E-state index in [1.807, 2.05) is 16.8 Å². The van der Waals surface area contributed by atoms with E-state index in [1.54, 1.807) is 19.6 Å². The summed E-state index contributed by atoms with van der Waals surface area (Å²) in [4.78, 5) is 4.08. The molecule has 25 heavy (non-hydrogen) atoms. The summed E-state index contributed by atoms with van der Waals surface area (Å²) < 4.78 is 13.5. The van der Waals surface area contributed by atoms with E-state index in [0.717, 1.165) is 6.42 Å². The van der Waals surface area contributed by atoms with Crippen LogP contribution in [-0.4, -0.2) is 46.2 Å². The van der Waals surface area contributed by atoms with E-state index < -0.39 is 5.60 Å². The van der Waals surface area contributed by atoms with Crippen LogP contribution >= 0.6 is 0 Å². The van der Waals surface area contributed by atoms with Gasteiger partial charge in [0.2, 0.25) is 0 Å². The lowest BCUT2D eigenvalue weighted by molar-refractivity contribution is -0.223. The highest BCUT2D eigenvalue weighted by molar-refractivity contribution is 5.09. The molecule has 0 aliphatic carbocycles. The molecule has 1 N–H and O–H groups in total. The van der Waals surface area contributed by atoms with Crippen molar-refractivity contribution in [2.45, 2.75) is 76.7 Å². The third-order valence-corrected chi connectivity index (χ3v) is 5.08. The molecule has 5 nitrogen and oxygen atoms in total. The first kappa shape index (κ1) is 20.1. The second-order valence-electron chi connectivity index (χ2n) is 7.24.